The average molecular weight is 114 g/mol. The van der Waals surface area contributed by atoms with E-state index >= 15 is 0 Å². The Hall–Kier alpha value is -0.330. The predicted octanol–water partition coefficient (Wildman–Crippen LogP) is 2.72. The summed E-state index contributed by atoms with van der Waals surface area (Å²) >= 11 is 0. The third-order valence-corrected chi connectivity index (χ3v) is 1.16. The molecule has 0 saturated carbocycles. The highest BCUT2D eigenvalue weighted by Gasteiger charge is 1.86. The fourth-order valence-electron chi connectivity index (χ4n) is 0.640. The van der Waals surface area contributed by atoms with Crippen LogP contribution in [0.3, 0.4) is 0 Å². The van der Waals surface area contributed by atoms with E-state index in [1.54, 1.807) is 0 Å². The summed E-state index contributed by atoms with van der Waals surface area (Å²) in [6, 6.07) is 0. The van der Waals surface area contributed by atoms with Gasteiger partial charge < -0.3 is 5.41 Å². The van der Waals surface area contributed by atoms with Crippen molar-refractivity contribution in [2.75, 3.05) is 0 Å². The molecule has 0 aromatic carbocycles. The smallest absolute Gasteiger partial charge is 0.310 e. The molecule has 1 heteroatoms. The Kier molecular flexibility index (Phi) is 4.62. The van der Waals surface area contributed by atoms with Crippen LogP contribution in [-0.2, 0) is 0 Å². The Morgan fingerprint density at radius 2 is 2.12 bits per heavy atom. The second kappa shape index (κ2) is 4.82. The first-order valence-electron chi connectivity index (χ1n) is 3.31. The molecule has 0 unspecified atom stereocenters. The van der Waals surface area contributed by atoms with E-state index in [-0.39, 0.29) is 1.43 Å². The zero-order valence-electron chi connectivity index (χ0n) is 6.83. The maximum Gasteiger partial charge on any atom is 1.00 e. The molecule has 0 radical (unpaired) electrons. The molecule has 0 amide bonds. The highest BCUT2D eigenvalue weighted by molar-refractivity contribution is 5.78. The van der Waals surface area contributed by atoms with E-state index in [1.807, 2.05) is 6.92 Å². The summed E-state index contributed by atoms with van der Waals surface area (Å²) in [5.74, 6) is 0. The van der Waals surface area contributed by atoms with Crippen LogP contribution in [0.15, 0.2) is 0 Å². The van der Waals surface area contributed by atoms with Gasteiger partial charge in [0.2, 0.25) is 0 Å². The van der Waals surface area contributed by atoms with Crippen LogP contribution in [-0.4, -0.2) is 5.71 Å². The summed E-state index contributed by atoms with van der Waals surface area (Å²) < 4.78 is 0. The predicted molar refractivity (Wildman–Crippen MR) is 38.7 cm³/mol. The number of hydrogen-bond donors (Lipinski definition) is 1. The topological polar surface area (TPSA) is 23.9 Å². The highest BCUT2D eigenvalue weighted by Crippen LogP contribution is 1.98. The van der Waals surface area contributed by atoms with Crippen molar-refractivity contribution in [2.45, 2.75) is 39.5 Å². The summed E-state index contributed by atoms with van der Waals surface area (Å²) in [6.07, 6.45) is 4.73. The number of hydrogen-bond acceptors (Lipinski definition) is 1. The molecule has 0 saturated heterocycles. The fraction of sp³-hybridized carbons (Fsp3) is 0.857. The van der Waals surface area contributed by atoms with E-state index in [2.05, 4.69) is 6.92 Å². The van der Waals surface area contributed by atoms with Crippen LogP contribution in [0, 0.1) is 5.41 Å². The lowest BCUT2D eigenvalue weighted by atomic mass is 10.1. The van der Waals surface area contributed by atoms with Gasteiger partial charge >= 0.3 is 1.43 Å². The van der Waals surface area contributed by atoms with Gasteiger partial charge in [0, 0.05) is 5.71 Å². The Bertz CT molecular complexity index is 71.3. The van der Waals surface area contributed by atoms with Crippen LogP contribution in [0.25, 0.3) is 0 Å². The van der Waals surface area contributed by atoms with E-state index in [0.717, 1.165) is 12.1 Å². The monoisotopic (exact) mass is 114 g/mol. The molecule has 0 bridgehead atoms. The largest absolute Gasteiger partial charge is 1.00 e. The lowest BCUT2D eigenvalue weighted by Crippen LogP contribution is -1.86. The number of nitrogens with one attached hydrogen (secondary N) is 1. The summed E-state index contributed by atoms with van der Waals surface area (Å²) in [6.45, 7) is 4.05. The molecule has 0 aliphatic carbocycles. The molecule has 0 aliphatic heterocycles. The molecule has 0 aliphatic rings. The second-order valence-electron chi connectivity index (χ2n) is 2.24. The zero-order valence-corrected chi connectivity index (χ0v) is 5.83. The Morgan fingerprint density at radius 3 is 2.50 bits per heavy atom. The van der Waals surface area contributed by atoms with E-state index in [9.17, 15) is 0 Å². The average Bonchev–Trinajstić information content (AvgIpc) is 1.66. The molecule has 0 aromatic rings. The molecule has 0 rings (SSSR count). The number of rotatable bonds is 4. The molecule has 1 N–H and O–H groups in total. The van der Waals surface area contributed by atoms with Crippen molar-refractivity contribution in [3.63, 3.8) is 0 Å². The van der Waals surface area contributed by atoms with Crippen LogP contribution in [0.5, 0.6) is 0 Å². The van der Waals surface area contributed by atoms with Gasteiger partial charge in [-0.1, -0.05) is 19.8 Å². The third kappa shape index (κ3) is 5.67. The van der Waals surface area contributed by atoms with E-state index in [1.165, 1.54) is 19.3 Å². The van der Waals surface area contributed by atoms with Crippen LogP contribution < -0.4 is 0 Å². The van der Waals surface area contributed by atoms with Crippen molar-refractivity contribution < 1.29 is 1.43 Å². The first-order chi connectivity index (χ1) is 3.77. The Morgan fingerprint density at radius 1 is 1.50 bits per heavy atom. The van der Waals surface area contributed by atoms with Gasteiger partial charge in [-0.05, 0) is 19.8 Å². The van der Waals surface area contributed by atoms with Gasteiger partial charge in [-0.15, -0.1) is 0 Å². The molecule has 0 heterocycles. The van der Waals surface area contributed by atoms with Gasteiger partial charge in [-0.3, -0.25) is 0 Å². The molecular weight excluding hydrogens is 98.1 g/mol. The summed E-state index contributed by atoms with van der Waals surface area (Å²) in [5, 5.41) is 7.07. The van der Waals surface area contributed by atoms with E-state index < -0.39 is 0 Å². The van der Waals surface area contributed by atoms with Gasteiger partial charge in [0.05, 0.1) is 0 Å². The molecule has 8 heavy (non-hydrogen) atoms. The van der Waals surface area contributed by atoms with Gasteiger partial charge in [-0.2, -0.15) is 0 Å². The maximum absolute atomic E-state index is 7.07. The van der Waals surface area contributed by atoms with Crippen LogP contribution >= 0.6 is 0 Å². The molecule has 0 fully saturated rings. The van der Waals surface area contributed by atoms with Crippen LogP contribution in [0.4, 0.5) is 0 Å². The lowest BCUT2D eigenvalue weighted by molar-refractivity contribution is 0.739. The minimum absolute atomic E-state index is 0. The van der Waals surface area contributed by atoms with E-state index in [0.29, 0.717) is 0 Å². The normalized spacial score (nSPS) is 9.25. The third-order valence-electron chi connectivity index (χ3n) is 1.16. The Balaban J connectivity index is 0. The summed E-state index contributed by atoms with van der Waals surface area (Å²) in [4.78, 5) is 0. The van der Waals surface area contributed by atoms with Gasteiger partial charge in [0.1, 0.15) is 0 Å². The number of unbranched alkanes of at least 4 members (excludes halogenated alkanes) is 2. The van der Waals surface area contributed by atoms with Gasteiger partial charge in [0.15, 0.2) is 0 Å². The molecule has 0 aromatic heterocycles. The van der Waals surface area contributed by atoms with Crippen molar-refractivity contribution in [3.8, 4) is 0 Å². The molecule has 0 atom stereocenters. The zero-order chi connectivity index (χ0) is 6.41. The standard InChI is InChI=1S/C7H15N/c1-3-4-5-6-7(2)8/h8H,3-6H2,1-2H3/p+1. The first kappa shape index (κ1) is 7.67. The SMILES string of the molecule is CCCCCC(C)=N.[H+]. The minimum Gasteiger partial charge on any atom is -0.310 e. The van der Waals surface area contributed by atoms with Gasteiger partial charge in [-0.25, -0.2) is 0 Å². The van der Waals surface area contributed by atoms with Crippen LogP contribution in [0.2, 0.25) is 0 Å². The molecule has 48 valence electrons. The first-order valence-corrected chi connectivity index (χ1v) is 3.31. The highest BCUT2D eigenvalue weighted by atomic mass is 14.4. The van der Waals surface area contributed by atoms with Crippen LogP contribution in [0.1, 0.15) is 41.0 Å². The molecular formula is C7H16N+. The van der Waals surface area contributed by atoms with Crippen molar-refractivity contribution in [2.24, 2.45) is 0 Å². The van der Waals surface area contributed by atoms with Crippen molar-refractivity contribution in [3.05, 3.63) is 0 Å². The molecule has 1 nitrogen and oxygen atoms in total. The van der Waals surface area contributed by atoms with Crippen molar-refractivity contribution in [1.29, 1.82) is 5.41 Å². The maximum atomic E-state index is 7.07. The quantitative estimate of drug-likeness (QED) is 0.429. The second-order valence-corrected chi connectivity index (χ2v) is 2.24. The summed E-state index contributed by atoms with van der Waals surface area (Å²) in [5.41, 5.74) is 0.818. The minimum atomic E-state index is 0. The van der Waals surface area contributed by atoms with E-state index in [4.69, 9.17) is 5.41 Å². The van der Waals surface area contributed by atoms with Crippen molar-refractivity contribution >= 4 is 5.71 Å². The van der Waals surface area contributed by atoms with Gasteiger partial charge in [0.25, 0.3) is 0 Å². The summed E-state index contributed by atoms with van der Waals surface area (Å²) in [7, 11) is 0. The van der Waals surface area contributed by atoms with Crippen molar-refractivity contribution in [1.82, 2.24) is 0 Å². The fourth-order valence-corrected chi connectivity index (χ4v) is 0.640. The lowest BCUT2D eigenvalue weighted by Gasteiger charge is -1.93. The Labute approximate surface area is 53.1 Å². The molecule has 0 spiro atoms.